The van der Waals surface area contributed by atoms with Gasteiger partial charge in [-0.05, 0) is 13.3 Å². The van der Waals surface area contributed by atoms with Crippen molar-refractivity contribution in [3.8, 4) is 0 Å². The first kappa shape index (κ1) is 15.3. The van der Waals surface area contributed by atoms with Crippen LogP contribution >= 0.6 is 0 Å². The Morgan fingerprint density at radius 3 is 2.54 bits per heavy atom. The molecule has 3 nitrogen and oxygen atoms in total. The maximum atomic E-state index is 11.0. The zero-order valence-electron chi connectivity index (χ0n) is 8.19. The molecule has 78 valence electrons. The summed E-state index contributed by atoms with van der Waals surface area (Å²) in [6, 6.07) is 0. The number of allylic oxidation sites excluding steroid dienone is 1. The van der Waals surface area contributed by atoms with Crippen LogP contribution in [0.4, 0.5) is 0 Å². The fourth-order valence-corrected chi connectivity index (χ4v) is 0.722. The molecule has 0 radical (unpaired) electrons. The van der Waals surface area contributed by atoms with E-state index in [1.54, 1.807) is 6.92 Å². The number of carbonyl (C=O) groups is 1. The van der Waals surface area contributed by atoms with E-state index < -0.39 is 6.10 Å². The Balaban J connectivity index is 0. The van der Waals surface area contributed by atoms with Crippen molar-refractivity contribution in [1.29, 1.82) is 0 Å². The van der Waals surface area contributed by atoms with Gasteiger partial charge in [0.1, 0.15) is 11.9 Å². The average molecular weight is 273 g/mol. The number of ketones is 1. The summed E-state index contributed by atoms with van der Waals surface area (Å²) in [6.45, 7) is 3.60. The van der Waals surface area contributed by atoms with E-state index in [2.05, 4.69) is 0 Å². The summed E-state index contributed by atoms with van der Waals surface area (Å²) >= 11 is 0. The Kier molecular flexibility index (Phi) is 9.86. The van der Waals surface area contributed by atoms with E-state index in [-0.39, 0.29) is 31.0 Å². The van der Waals surface area contributed by atoms with Crippen LogP contribution in [0.25, 0.3) is 0 Å². The zero-order chi connectivity index (χ0) is 9.56. The van der Waals surface area contributed by atoms with E-state index >= 15 is 0 Å². The summed E-state index contributed by atoms with van der Waals surface area (Å²) in [5.74, 6) is -0.0603. The molecule has 0 aliphatic carbocycles. The first-order valence-corrected chi connectivity index (χ1v) is 4.08. The molecule has 0 amide bonds. The van der Waals surface area contributed by atoms with Gasteiger partial charge in [0, 0.05) is 39.1 Å². The van der Waals surface area contributed by atoms with Gasteiger partial charge in [-0.2, -0.15) is 0 Å². The predicted molar refractivity (Wildman–Crippen MR) is 47.1 cm³/mol. The van der Waals surface area contributed by atoms with Gasteiger partial charge in [-0.25, -0.2) is 0 Å². The van der Waals surface area contributed by atoms with Crippen molar-refractivity contribution in [3.63, 3.8) is 0 Å². The second-order valence-corrected chi connectivity index (χ2v) is 2.66. The van der Waals surface area contributed by atoms with Crippen molar-refractivity contribution >= 4 is 5.78 Å². The molecule has 1 N–H and O–H groups in total. The van der Waals surface area contributed by atoms with Gasteiger partial charge in [0.25, 0.3) is 0 Å². The number of aliphatic hydroxyl groups excluding tert-OH is 1. The van der Waals surface area contributed by atoms with Crippen LogP contribution in [0.1, 0.15) is 26.7 Å². The van der Waals surface area contributed by atoms with Gasteiger partial charge in [0.05, 0.1) is 0 Å². The third kappa shape index (κ3) is 6.91. The van der Waals surface area contributed by atoms with Crippen LogP contribution in [0.2, 0.25) is 0 Å². The summed E-state index contributed by atoms with van der Waals surface area (Å²) < 4.78 is 4.82. The smallest absolute Gasteiger partial charge is 0.159 e. The van der Waals surface area contributed by atoms with Gasteiger partial charge in [-0.15, -0.1) is 0 Å². The van der Waals surface area contributed by atoms with Crippen molar-refractivity contribution in [2.45, 2.75) is 32.8 Å². The van der Waals surface area contributed by atoms with Gasteiger partial charge < -0.3 is 9.84 Å². The van der Waals surface area contributed by atoms with Crippen molar-refractivity contribution < 1.29 is 34.1 Å². The second-order valence-electron chi connectivity index (χ2n) is 2.66. The number of hydrogen-bond acceptors (Lipinski definition) is 3. The van der Waals surface area contributed by atoms with Crippen molar-refractivity contribution in [1.82, 2.24) is 0 Å². The molecule has 0 spiro atoms. The standard InChI is InChI=1S/C9H16O3.Ru/c1-4-5-8(10)6-9(11)7(2)12-3;/h6-7,11H,4-5H2,1-3H3;/b9-6-;. The molecule has 13 heavy (non-hydrogen) atoms. The molecule has 0 rings (SSSR count). The van der Waals surface area contributed by atoms with E-state index in [0.29, 0.717) is 6.42 Å². The Morgan fingerprint density at radius 2 is 2.15 bits per heavy atom. The maximum Gasteiger partial charge on any atom is 0.159 e. The van der Waals surface area contributed by atoms with Gasteiger partial charge in [0.15, 0.2) is 5.78 Å². The Labute approximate surface area is 91.9 Å². The van der Waals surface area contributed by atoms with Crippen LogP contribution < -0.4 is 0 Å². The number of rotatable bonds is 5. The fourth-order valence-electron chi connectivity index (χ4n) is 0.722. The van der Waals surface area contributed by atoms with Crippen LogP contribution in [0.3, 0.4) is 0 Å². The first-order chi connectivity index (χ1) is 5.61. The van der Waals surface area contributed by atoms with Crippen LogP contribution in [0.5, 0.6) is 0 Å². The van der Waals surface area contributed by atoms with Gasteiger partial charge >= 0.3 is 0 Å². The van der Waals surface area contributed by atoms with Crippen LogP contribution in [0.15, 0.2) is 11.8 Å². The van der Waals surface area contributed by atoms with E-state index in [0.717, 1.165) is 6.42 Å². The van der Waals surface area contributed by atoms with E-state index in [1.807, 2.05) is 6.92 Å². The summed E-state index contributed by atoms with van der Waals surface area (Å²) in [5, 5.41) is 9.23. The second kappa shape index (κ2) is 8.39. The number of aliphatic hydroxyl groups is 1. The third-order valence-electron chi connectivity index (χ3n) is 1.58. The molecule has 0 aromatic carbocycles. The number of ether oxygens (including phenoxy) is 1. The first-order valence-electron chi connectivity index (χ1n) is 4.08. The Hall–Kier alpha value is -0.207. The SMILES string of the molecule is CCCC(=O)/C=C(\O)C(C)OC.[Ru]. The molecule has 1 unspecified atom stereocenters. The Morgan fingerprint density at radius 1 is 1.62 bits per heavy atom. The minimum absolute atomic E-state index is 0. The summed E-state index contributed by atoms with van der Waals surface area (Å²) in [4.78, 5) is 11.0. The number of hydrogen-bond donors (Lipinski definition) is 1. The minimum atomic E-state index is -0.397. The molecule has 0 heterocycles. The molecule has 0 saturated carbocycles. The average Bonchev–Trinajstić information content (AvgIpc) is 2.03. The molecule has 0 aromatic rings. The molecular weight excluding hydrogens is 257 g/mol. The predicted octanol–water partition coefficient (Wildman–Crippen LogP) is 1.83. The zero-order valence-corrected chi connectivity index (χ0v) is 9.92. The fraction of sp³-hybridized carbons (Fsp3) is 0.667. The third-order valence-corrected chi connectivity index (χ3v) is 1.58. The van der Waals surface area contributed by atoms with Crippen LogP contribution in [0, 0.1) is 0 Å². The van der Waals surface area contributed by atoms with Crippen LogP contribution in [-0.4, -0.2) is 24.1 Å². The molecule has 0 aliphatic rings. The monoisotopic (exact) mass is 274 g/mol. The minimum Gasteiger partial charge on any atom is -0.509 e. The molecule has 0 fully saturated rings. The van der Waals surface area contributed by atoms with Crippen LogP contribution in [-0.2, 0) is 29.0 Å². The normalized spacial score (nSPS) is 13.3. The molecule has 0 saturated heterocycles. The molecule has 0 bridgehead atoms. The summed E-state index contributed by atoms with van der Waals surface area (Å²) in [6.07, 6.45) is 2.10. The summed E-state index contributed by atoms with van der Waals surface area (Å²) in [7, 11) is 1.49. The Bertz CT molecular complexity index is 178. The van der Waals surface area contributed by atoms with Gasteiger partial charge in [-0.1, -0.05) is 6.92 Å². The quantitative estimate of drug-likeness (QED) is 0.472. The number of carbonyl (C=O) groups excluding carboxylic acids is 1. The van der Waals surface area contributed by atoms with E-state index in [1.165, 1.54) is 13.2 Å². The molecule has 0 aromatic heterocycles. The van der Waals surface area contributed by atoms with E-state index in [9.17, 15) is 9.90 Å². The largest absolute Gasteiger partial charge is 0.509 e. The molecule has 0 aliphatic heterocycles. The van der Waals surface area contributed by atoms with E-state index in [4.69, 9.17) is 4.74 Å². The molecular formula is C9H16O3Ru. The van der Waals surface area contributed by atoms with Gasteiger partial charge in [0.2, 0.25) is 0 Å². The van der Waals surface area contributed by atoms with Gasteiger partial charge in [-0.3, -0.25) is 4.79 Å². The summed E-state index contributed by atoms with van der Waals surface area (Å²) in [5.41, 5.74) is 0. The number of methoxy groups -OCH3 is 1. The molecule has 4 heteroatoms. The maximum absolute atomic E-state index is 11.0. The van der Waals surface area contributed by atoms with Crippen molar-refractivity contribution in [2.24, 2.45) is 0 Å². The topological polar surface area (TPSA) is 46.5 Å². The van der Waals surface area contributed by atoms with Crippen molar-refractivity contribution in [2.75, 3.05) is 7.11 Å². The molecule has 1 atom stereocenters. The van der Waals surface area contributed by atoms with Crippen molar-refractivity contribution in [3.05, 3.63) is 11.8 Å².